The van der Waals surface area contributed by atoms with Gasteiger partial charge in [-0.05, 0) is 31.1 Å². The molecular formula is C9H18O2. The zero-order chi connectivity index (χ0) is 7.61. The molecule has 2 nitrogen and oxygen atoms in total. The van der Waals surface area contributed by atoms with Crippen molar-refractivity contribution in [3.8, 4) is 0 Å². The maximum atomic E-state index is 10.4. The molecule has 0 saturated heterocycles. The zero-order valence-electron chi connectivity index (χ0n) is 7.39. The maximum absolute atomic E-state index is 10.4. The number of rotatable bonds is 1. The van der Waals surface area contributed by atoms with Crippen LogP contribution >= 0.6 is 0 Å². The lowest BCUT2D eigenvalue weighted by atomic mass is 9.74. The van der Waals surface area contributed by atoms with Crippen molar-refractivity contribution in [2.24, 2.45) is 11.3 Å². The number of hydrogen-bond acceptors (Lipinski definition) is 1. The van der Waals surface area contributed by atoms with E-state index in [-0.39, 0.29) is 5.48 Å². The third-order valence-electron chi connectivity index (χ3n) is 2.58. The van der Waals surface area contributed by atoms with Gasteiger partial charge in [-0.1, -0.05) is 13.8 Å². The van der Waals surface area contributed by atoms with Crippen molar-refractivity contribution in [1.29, 1.82) is 0 Å². The van der Waals surface area contributed by atoms with Crippen LogP contribution in [-0.4, -0.2) is 11.8 Å². The summed E-state index contributed by atoms with van der Waals surface area (Å²) in [5.41, 5.74) is 0.500. The largest absolute Gasteiger partial charge is 0.412 e. The molecule has 0 aromatic heterocycles. The molecule has 0 heterocycles. The van der Waals surface area contributed by atoms with Crippen LogP contribution in [-0.2, 0) is 4.79 Å². The summed E-state index contributed by atoms with van der Waals surface area (Å²) in [5.74, 6) is 0.369. The van der Waals surface area contributed by atoms with Gasteiger partial charge in [-0.25, -0.2) is 0 Å². The fourth-order valence-electron chi connectivity index (χ4n) is 1.56. The molecular weight excluding hydrogens is 140 g/mol. The normalized spacial score (nSPS) is 23.8. The van der Waals surface area contributed by atoms with Gasteiger partial charge in [-0.2, -0.15) is 0 Å². The first-order chi connectivity index (χ1) is 4.64. The molecule has 1 saturated carbocycles. The summed E-state index contributed by atoms with van der Waals surface area (Å²) in [6.45, 7) is 4.57. The van der Waals surface area contributed by atoms with Crippen molar-refractivity contribution in [2.45, 2.75) is 39.5 Å². The minimum atomic E-state index is 0. The van der Waals surface area contributed by atoms with Gasteiger partial charge in [-0.15, -0.1) is 0 Å². The lowest BCUT2D eigenvalue weighted by Crippen LogP contribution is -2.21. The minimum Gasteiger partial charge on any atom is -0.412 e. The fraction of sp³-hybridized carbons (Fsp3) is 0.889. The Balaban J connectivity index is 0.000001000. The van der Waals surface area contributed by atoms with Crippen LogP contribution in [0.4, 0.5) is 0 Å². The topological polar surface area (TPSA) is 48.6 Å². The van der Waals surface area contributed by atoms with Gasteiger partial charge in [0, 0.05) is 5.92 Å². The average Bonchev–Trinajstić information content (AvgIpc) is 1.88. The lowest BCUT2D eigenvalue weighted by molar-refractivity contribution is -0.112. The molecule has 0 aromatic carbocycles. The third kappa shape index (κ3) is 3.02. The van der Waals surface area contributed by atoms with E-state index >= 15 is 0 Å². The molecule has 0 spiro atoms. The van der Waals surface area contributed by atoms with Crippen LogP contribution in [0.5, 0.6) is 0 Å². The Bertz CT molecular complexity index is 120. The van der Waals surface area contributed by atoms with E-state index in [2.05, 4.69) is 13.8 Å². The standard InChI is InChI=1S/C9H16O.H2O/c1-9(2)5-3-8(7-10)4-6-9;/h7-8H,3-6H2,1-2H3;1H2. The predicted octanol–water partition coefficient (Wildman–Crippen LogP) is 1.58. The van der Waals surface area contributed by atoms with Crippen molar-refractivity contribution in [1.82, 2.24) is 0 Å². The summed E-state index contributed by atoms with van der Waals surface area (Å²) in [7, 11) is 0. The summed E-state index contributed by atoms with van der Waals surface area (Å²) in [6.07, 6.45) is 5.77. The number of aldehydes is 1. The van der Waals surface area contributed by atoms with Gasteiger partial charge in [0.15, 0.2) is 0 Å². The molecule has 0 radical (unpaired) electrons. The Labute approximate surface area is 68.3 Å². The van der Waals surface area contributed by atoms with Gasteiger partial charge < -0.3 is 10.3 Å². The van der Waals surface area contributed by atoms with Gasteiger partial charge in [0.25, 0.3) is 0 Å². The van der Waals surface area contributed by atoms with Crippen LogP contribution in [0.1, 0.15) is 39.5 Å². The Kier molecular flexibility index (Phi) is 3.73. The minimum absolute atomic E-state index is 0. The van der Waals surface area contributed by atoms with E-state index in [1.807, 2.05) is 0 Å². The zero-order valence-corrected chi connectivity index (χ0v) is 7.39. The molecule has 66 valence electrons. The van der Waals surface area contributed by atoms with Crippen LogP contribution < -0.4 is 0 Å². The summed E-state index contributed by atoms with van der Waals surface area (Å²) < 4.78 is 0. The molecule has 11 heavy (non-hydrogen) atoms. The first kappa shape index (κ1) is 10.6. The lowest BCUT2D eigenvalue weighted by Gasteiger charge is -2.31. The molecule has 1 aliphatic rings. The van der Waals surface area contributed by atoms with E-state index in [1.54, 1.807) is 0 Å². The molecule has 0 atom stereocenters. The first-order valence-corrected chi connectivity index (χ1v) is 4.09. The van der Waals surface area contributed by atoms with Crippen LogP contribution in [0.2, 0.25) is 0 Å². The highest BCUT2D eigenvalue weighted by Gasteiger charge is 2.25. The van der Waals surface area contributed by atoms with Gasteiger partial charge in [-0.3, -0.25) is 0 Å². The average molecular weight is 158 g/mol. The van der Waals surface area contributed by atoms with Gasteiger partial charge in [0.05, 0.1) is 0 Å². The maximum Gasteiger partial charge on any atom is 0.123 e. The van der Waals surface area contributed by atoms with E-state index in [9.17, 15) is 4.79 Å². The quantitative estimate of drug-likeness (QED) is 0.534. The summed E-state index contributed by atoms with van der Waals surface area (Å²) in [4.78, 5) is 10.4. The Morgan fingerprint density at radius 2 is 1.73 bits per heavy atom. The third-order valence-corrected chi connectivity index (χ3v) is 2.58. The highest BCUT2D eigenvalue weighted by Crippen LogP contribution is 2.36. The summed E-state index contributed by atoms with van der Waals surface area (Å²) >= 11 is 0. The van der Waals surface area contributed by atoms with Crippen molar-refractivity contribution < 1.29 is 10.3 Å². The van der Waals surface area contributed by atoms with Crippen molar-refractivity contribution in [2.75, 3.05) is 0 Å². The molecule has 1 aliphatic carbocycles. The van der Waals surface area contributed by atoms with Crippen LogP contribution in [0.25, 0.3) is 0 Å². The highest BCUT2D eigenvalue weighted by atomic mass is 16.1. The van der Waals surface area contributed by atoms with Crippen LogP contribution in [0.3, 0.4) is 0 Å². The monoisotopic (exact) mass is 158 g/mol. The Morgan fingerprint density at radius 1 is 1.27 bits per heavy atom. The molecule has 0 aromatic rings. The second kappa shape index (κ2) is 3.86. The molecule has 2 heteroatoms. The van der Waals surface area contributed by atoms with Crippen LogP contribution in [0, 0.1) is 11.3 Å². The van der Waals surface area contributed by atoms with Gasteiger partial charge >= 0.3 is 0 Å². The van der Waals surface area contributed by atoms with E-state index in [0.29, 0.717) is 11.3 Å². The second-order valence-electron chi connectivity index (χ2n) is 4.14. The van der Waals surface area contributed by atoms with Gasteiger partial charge in [0.1, 0.15) is 6.29 Å². The molecule has 1 rings (SSSR count). The number of carbonyl (C=O) groups excluding carboxylic acids is 1. The van der Waals surface area contributed by atoms with E-state index < -0.39 is 0 Å². The molecule has 0 aliphatic heterocycles. The Morgan fingerprint density at radius 3 is 2.09 bits per heavy atom. The predicted molar refractivity (Wildman–Crippen MR) is 45.4 cm³/mol. The fourth-order valence-corrected chi connectivity index (χ4v) is 1.56. The summed E-state index contributed by atoms with van der Waals surface area (Å²) in [5, 5.41) is 0. The number of carbonyl (C=O) groups is 1. The van der Waals surface area contributed by atoms with E-state index in [1.165, 1.54) is 12.8 Å². The van der Waals surface area contributed by atoms with E-state index in [4.69, 9.17) is 0 Å². The smallest absolute Gasteiger partial charge is 0.123 e. The van der Waals surface area contributed by atoms with Gasteiger partial charge in [0.2, 0.25) is 0 Å². The SMILES string of the molecule is CC1(C)CCC(C=O)CC1.O. The highest BCUT2D eigenvalue weighted by molar-refractivity contribution is 5.53. The molecule has 0 bridgehead atoms. The second-order valence-corrected chi connectivity index (χ2v) is 4.14. The molecule has 2 N–H and O–H groups in total. The molecule has 0 unspecified atom stereocenters. The van der Waals surface area contributed by atoms with Crippen LogP contribution in [0.15, 0.2) is 0 Å². The van der Waals surface area contributed by atoms with E-state index in [0.717, 1.165) is 19.1 Å². The first-order valence-electron chi connectivity index (χ1n) is 4.09. The molecule has 0 amide bonds. The summed E-state index contributed by atoms with van der Waals surface area (Å²) in [6, 6.07) is 0. The Hall–Kier alpha value is -0.370. The number of hydrogen-bond donors (Lipinski definition) is 0. The van der Waals surface area contributed by atoms with Crippen molar-refractivity contribution in [3.05, 3.63) is 0 Å². The van der Waals surface area contributed by atoms with Crippen molar-refractivity contribution in [3.63, 3.8) is 0 Å². The molecule has 1 fully saturated rings. The van der Waals surface area contributed by atoms with Crippen molar-refractivity contribution >= 4 is 6.29 Å².